The maximum atomic E-state index is 12.8. The Kier molecular flexibility index (Phi) is 6.05. The molecule has 1 amide bonds. The van der Waals surface area contributed by atoms with Crippen molar-refractivity contribution in [3.05, 3.63) is 82.1 Å². The van der Waals surface area contributed by atoms with Crippen molar-refractivity contribution in [2.24, 2.45) is 5.41 Å². The van der Waals surface area contributed by atoms with E-state index in [9.17, 15) is 4.79 Å². The van der Waals surface area contributed by atoms with E-state index >= 15 is 0 Å². The van der Waals surface area contributed by atoms with Crippen molar-refractivity contribution in [1.82, 2.24) is 15.1 Å². The van der Waals surface area contributed by atoms with Crippen molar-refractivity contribution < 1.29 is 9.53 Å². The predicted octanol–water partition coefficient (Wildman–Crippen LogP) is 4.97. The number of amides is 1. The summed E-state index contributed by atoms with van der Waals surface area (Å²) in [4.78, 5) is 12.8. The topological polar surface area (TPSA) is 56.1 Å². The van der Waals surface area contributed by atoms with Crippen molar-refractivity contribution in [2.75, 3.05) is 7.11 Å². The van der Waals surface area contributed by atoms with Gasteiger partial charge >= 0.3 is 0 Å². The minimum atomic E-state index is -0.0514. The molecule has 0 bridgehead atoms. The van der Waals surface area contributed by atoms with Crippen LogP contribution in [0.1, 0.15) is 48.7 Å². The minimum absolute atomic E-state index is 0.0117. The quantitative estimate of drug-likeness (QED) is 0.592. The molecule has 1 aliphatic rings. The van der Waals surface area contributed by atoms with Crippen LogP contribution in [-0.2, 0) is 24.2 Å². The molecule has 0 aliphatic heterocycles. The fourth-order valence-corrected chi connectivity index (χ4v) is 4.52. The van der Waals surface area contributed by atoms with E-state index in [1.165, 1.54) is 5.69 Å². The summed E-state index contributed by atoms with van der Waals surface area (Å²) in [6, 6.07) is 15.4. The summed E-state index contributed by atoms with van der Waals surface area (Å²) in [7, 11) is 1.63. The van der Waals surface area contributed by atoms with Crippen molar-refractivity contribution in [3.8, 4) is 5.75 Å². The van der Waals surface area contributed by atoms with Gasteiger partial charge in [0.25, 0.3) is 0 Å². The number of nitrogens with one attached hydrogen (secondary N) is 1. The second-order valence-corrected chi connectivity index (χ2v) is 9.39. The Labute approximate surface area is 188 Å². The average Bonchev–Trinajstić information content (AvgIpc) is 3.11. The normalized spacial score (nSPS) is 17.1. The van der Waals surface area contributed by atoms with E-state index in [0.717, 1.165) is 40.3 Å². The largest absolute Gasteiger partial charge is 0.497 e. The molecule has 0 fully saturated rings. The molecule has 2 aromatic carbocycles. The van der Waals surface area contributed by atoms with Gasteiger partial charge in [-0.25, -0.2) is 0 Å². The number of fused-ring (bicyclic) bond motifs is 1. The molecule has 3 aromatic rings. The van der Waals surface area contributed by atoms with Crippen molar-refractivity contribution >= 4 is 17.5 Å². The van der Waals surface area contributed by atoms with Crippen LogP contribution in [0, 0.1) is 5.41 Å². The van der Waals surface area contributed by atoms with Crippen LogP contribution < -0.4 is 10.1 Å². The number of methoxy groups -OCH3 is 1. The number of carbonyl (C=O) groups is 1. The first-order valence-electron chi connectivity index (χ1n) is 10.5. The van der Waals surface area contributed by atoms with Crippen molar-refractivity contribution in [2.45, 2.75) is 45.7 Å². The third-order valence-corrected chi connectivity index (χ3v) is 6.26. The van der Waals surface area contributed by atoms with Gasteiger partial charge in [0.15, 0.2) is 0 Å². The Morgan fingerprint density at radius 3 is 2.68 bits per heavy atom. The number of hydrogen-bond donors (Lipinski definition) is 1. The highest BCUT2D eigenvalue weighted by Crippen LogP contribution is 2.41. The SMILES string of the molecule is COc1ccc(CC(=O)NC2CC(C)(C)Cc3c2cnn3Cc2ccccc2Cl)cc1. The van der Waals surface area contributed by atoms with Gasteiger partial charge in [0, 0.05) is 16.3 Å². The molecule has 4 rings (SSSR count). The standard InChI is InChI=1S/C25H28ClN3O2/c1-25(2)13-22(28-24(30)12-17-8-10-19(31-3)11-9-17)20-15-27-29(23(20)14-25)16-18-6-4-5-7-21(18)26/h4-11,15,22H,12-14,16H2,1-3H3,(H,28,30). The number of hydrogen-bond acceptors (Lipinski definition) is 3. The van der Waals surface area contributed by atoms with E-state index in [-0.39, 0.29) is 17.4 Å². The van der Waals surface area contributed by atoms with Crippen LogP contribution in [0.15, 0.2) is 54.7 Å². The highest BCUT2D eigenvalue weighted by molar-refractivity contribution is 6.31. The Bertz CT molecular complexity index is 1070. The van der Waals surface area contributed by atoms with Crippen LogP contribution >= 0.6 is 11.6 Å². The number of benzene rings is 2. The van der Waals surface area contributed by atoms with Crippen molar-refractivity contribution in [3.63, 3.8) is 0 Å². The lowest BCUT2D eigenvalue weighted by Crippen LogP contribution is -2.37. The molecule has 1 aromatic heterocycles. The summed E-state index contributed by atoms with van der Waals surface area (Å²) in [6.45, 7) is 5.11. The molecular formula is C25H28ClN3O2. The highest BCUT2D eigenvalue weighted by atomic mass is 35.5. The number of halogens is 1. The van der Waals surface area contributed by atoms with Crippen LogP contribution in [0.25, 0.3) is 0 Å². The number of nitrogens with zero attached hydrogens (tertiary/aromatic N) is 2. The van der Waals surface area contributed by atoms with Crippen LogP contribution in [0.4, 0.5) is 0 Å². The molecule has 1 unspecified atom stereocenters. The second kappa shape index (κ2) is 8.75. The molecule has 1 atom stereocenters. The van der Waals surface area contributed by atoms with Gasteiger partial charge in [0.05, 0.1) is 32.3 Å². The lowest BCUT2D eigenvalue weighted by Gasteiger charge is -2.36. The van der Waals surface area contributed by atoms with Crippen LogP contribution in [0.5, 0.6) is 5.75 Å². The average molecular weight is 438 g/mol. The predicted molar refractivity (Wildman–Crippen MR) is 122 cm³/mol. The molecule has 1 heterocycles. The Balaban J connectivity index is 1.52. The van der Waals surface area contributed by atoms with E-state index in [4.69, 9.17) is 16.3 Å². The summed E-state index contributed by atoms with van der Waals surface area (Å²) in [6.07, 6.45) is 4.04. The van der Waals surface area contributed by atoms with Crippen LogP contribution in [0.3, 0.4) is 0 Å². The third-order valence-electron chi connectivity index (χ3n) is 5.90. The molecule has 0 saturated heterocycles. The zero-order valence-corrected chi connectivity index (χ0v) is 18.9. The van der Waals surface area contributed by atoms with Crippen LogP contribution in [0.2, 0.25) is 5.02 Å². The van der Waals surface area contributed by atoms with Gasteiger partial charge in [0.1, 0.15) is 5.75 Å². The maximum Gasteiger partial charge on any atom is 0.224 e. The zero-order valence-electron chi connectivity index (χ0n) is 18.2. The number of aromatic nitrogens is 2. The molecule has 1 N–H and O–H groups in total. The molecule has 0 radical (unpaired) electrons. The molecule has 6 heteroatoms. The molecule has 1 aliphatic carbocycles. The molecular weight excluding hydrogens is 410 g/mol. The van der Waals surface area contributed by atoms with E-state index in [0.29, 0.717) is 13.0 Å². The molecule has 162 valence electrons. The lowest BCUT2D eigenvalue weighted by molar-refractivity contribution is -0.121. The van der Waals surface area contributed by atoms with Crippen molar-refractivity contribution in [1.29, 1.82) is 0 Å². The highest BCUT2D eigenvalue weighted by Gasteiger charge is 2.35. The number of ether oxygens (including phenoxy) is 1. The first-order chi connectivity index (χ1) is 14.8. The summed E-state index contributed by atoms with van der Waals surface area (Å²) < 4.78 is 7.22. The smallest absolute Gasteiger partial charge is 0.224 e. The second-order valence-electron chi connectivity index (χ2n) is 8.99. The van der Waals surface area contributed by atoms with Gasteiger partial charge < -0.3 is 10.1 Å². The van der Waals surface area contributed by atoms with E-state index in [2.05, 4.69) is 24.3 Å². The van der Waals surface area contributed by atoms with Gasteiger partial charge in [-0.15, -0.1) is 0 Å². The van der Waals surface area contributed by atoms with Gasteiger partial charge in [0.2, 0.25) is 5.91 Å². The van der Waals surface area contributed by atoms with E-state index in [1.54, 1.807) is 7.11 Å². The summed E-state index contributed by atoms with van der Waals surface area (Å²) in [5, 5.41) is 8.64. The van der Waals surface area contributed by atoms with E-state index in [1.807, 2.05) is 59.4 Å². The Morgan fingerprint density at radius 2 is 1.97 bits per heavy atom. The monoisotopic (exact) mass is 437 g/mol. The summed E-state index contributed by atoms with van der Waals surface area (Å²) in [5.41, 5.74) is 4.34. The van der Waals surface area contributed by atoms with Gasteiger partial charge in [-0.3, -0.25) is 9.48 Å². The molecule has 0 saturated carbocycles. The molecule has 0 spiro atoms. The summed E-state index contributed by atoms with van der Waals surface area (Å²) >= 11 is 6.37. The zero-order chi connectivity index (χ0) is 22.0. The molecule has 31 heavy (non-hydrogen) atoms. The first-order valence-corrected chi connectivity index (χ1v) is 10.9. The fourth-order valence-electron chi connectivity index (χ4n) is 4.32. The molecule has 5 nitrogen and oxygen atoms in total. The Hall–Kier alpha value is -2.79. The van der Waals surface area contributed by atoms with E-state index < -0.39 is 0 Å². The fraction of sp³-hybridized carbons (Fsp3) is 0.360. The number of carbonyl (C=O) groups excluding carboxylic acids is 1. The third kappa shape index (κ3) is 4.93. The minimum Gasteiger partial charge on any atom is -0.497 e. The van der Waals surface area contributed by atoms with Crippen LogP contribution in [-0.4, -0.2) is 22.8 Å². The number of rotatable bonds is 6. The summed E-state index contributed by atoms with van der Waals surface area (Å²) in [5.74, 6) is 0.798. The first kappa shape index (κ1) is 21.4. The van der Waals surface area contributed by atoms with Gasteiger partial charge in [-0.2, -0.15) is 5.10 Å². The Morgan fingerprint density at radius 1 is 1.23 bits per heavy atom. The van der Waals surface area contributed by atoms with Gasteiger partial charge in [-0.05, 0) is 47.6 Å². The van der Waals surface area contributed by atoms with Gasteiger partial charge in [-0.1, -0.05) is 55.8 Å². The lowest BCUT2D eigenvalue weighted by atomic mass is 9.74. The maximum absolute atomic E-state index is 12.8.